The first-order valence-electron chi connectivity index (χ1n) is 40.1. The molecular weight excluding hydrogens is 1430 g/mol. The Bertz CT molecular complexity index is 5750. The molecule has 11 nitrogen and oxygen atoms in total. The van der Waals surface area contributed by atoms with E-state index in [1.54, 1.807) is 7.11 Å². The number of fused-ring (bicyclic) bond motifs is 8. The molecule has 116 heavy (non-hydrogen) atoms. The summed E-state index contributed by atoms with van der Waals surface area (Å²) in [5, 5.41) is 0. The minimum atomic E-state index is -0.321. The Morgan fingerprint density at radius 1 is 0.207 bits per heavy atom. The van der Waals surface area contributed by atoms with Crippen LogP contribution in [0.3, 0.4) is 0 Å². The van der Waals surface area contributed by atoms with Crippen molar-refractivity contribution < 1.29 is 33.2 Å². The summed E-state index contributed by atoms with van der Waals surface area (Å²) in [7, 11) is 1.69. The lowest BCUT2D eigenvalue weighted by Crippen LogP contribution is -2.13. The molecule has 0 saturated carbocycles. The summed E-state index contributed by atoms with van der Waals surface area (Å²) in [6, 6.07) is 84.6. The number of benzene rings is 10. The summed E-state index contributed by atoms with van der Waals surface area (Å²) in [4.78, 5) is 20.3. The van der Waals surface area contributed by atoms with Gasteiger partial charge in [-0.2, -0.15) is 0 Å². The molecule has 0 radical (unpaired) electrons. The highest BCUT2D eigenvalue weighted by atomic mass is 16.5. The maximum atomic E-state index is 7.59. The predicted octanol–water partition coefficient (Wildman–Crippen LogP) is 29.9. The van der Waals surface area contributed by atoms with Crippen LogP contribution < -0.4 is 33.2 Å². The summed E-state index contributed by atoms with van der Waals surface area (Å²) in [5.41, 5.74) is 15.3. The molecule has 13 aromatic rings. The number of rotatable bonds is 17. The second-order valence-corrected chi connectivity index (χ2v) is 36.2. The lowest BCUT2D eigenvalue weighted by atomic mass is 9.86. The van der Waals surface area contributed by atoms with Crippen LogP contribution in [0.4, 0.5) is 0 Å². The van der Waals surface area contributed by atoms with Crippen molar-refractivity contribution in [1.82, 2.24) is 19.9 Å². The first-order valence-corrected chi connectivity index (χ1v) is 40.1. The molecule has 0 unspecified atom stereocenters. The molecule has 0 atom stereocenters. The van der Waals surface area contributed by atoms with Gasteiger partial charge in [-0.15, -0.1) is 0 Å². The lowest BCUT2D eigenvalue weighted by molar-refractivity contribution is 0.415. The number of H-pyrrole nitrogens is 2. The second-order valence-electron chi connectivity index (χ2n) is 36.2. The number of methoxy groups -OCH3 is 1. The molecule has 2 N–H and O–H groups in total. The van der Waals surface area contributed by atoms with Gasteiger partial charge in [-0.1, -0.05) is 264 Å². The van der Waals surface area contributed by atoms with E-state index in [9.17, 15) is 0 Å². The Morgan fingerprint density at radius 2 is 0.405 bits per heavy atom. The number of nitrogens with zero attached hydrogens (tertiary/aromatic N) is 2. The minimum Gasteiger partial charge on any atom is -0.497 e. The molecule has 0 amide bonds. The number of para-hydroxylation sites is 6. The maximum absolute atomic E-state index is 7.59. The van der Waals surface area contributed by atoms with E-state index >= 15 is 0 Å². The largest absolute Gasteiger partial charge is 0.497 e. The molecule has 586 valence electrons. The van der Waals surface area contributed by atoms with E-state index in [1.165, 1.54) is 0 Å². The second kappa shape index (κ2) is 31.0. The van der Waals surface area contributed by atoms with Crippen LogP contribution in [0.1, 0.15) is 181 Å². The summed E-state index contributed by atoms with van der Waals surface area (Å²) < 4.78 is 51.1. The highest BCUT2D eigenvalue weighted by molar-refractivity contribution is 6.03. The average Bonchev–Trinajstić information content (AvgIpc) is 1.56. The third-order valence-corrected chi connectivity index (χ3v) is 21.3. The molecule has 0 saturated heterocycles. The van der Waals surface area contributed by atoms with Gasteiger partial charge in [0.25, 0.3) is 0 Å². The SMILES string of the molecule is COc1ccc(-c2c3nc(c(-c4c(Oc5ccccc5C(C)(C)C)cccc4Oc4ccccc4C(C)(C)C)c4ccc([nH]4)c(-c4c(Oc5ccccc5C(C)(C)C)cccc4Oc4ccccc4C(C)(C)C)c4nc(c(-c5c(Oc6ccccc6C(C)(C)C)cccc5Oc5ccccc5C(C)(C)C)c5ccc2[nH]5)C=C4)C=C3)cc1. The Balaban J connectivity index is 1.14. The maximum Gasteiger partial charge on any atom is 0.139 e. The van der Waals surface area contributed by atoms with Crippen molar-refractivity contribution in [2.24, 2.45) is 0 Å². The van der Waals surface area contributed by atoms with Gasteiger partial charge in [0.15, 0.2) is 0 Å². The van der Waals surface area contributed by atoms with Gasteiger partial charge in [0.1, 0.15) is 74.7 Å². The zero-order valence-corrected chi connectivity index (χ0v) is 70.2. The summed E-state index contributed by atoms with van der Waals surface area (Å²) in [5.74, 6) is 8.14. The van der Waals surface area contributed by atoms with Crippen LogP contribution in [0.5, 0.6) is 74.7 Å². The fourth-order valence-electron chi connectivity index (χ4n) is 15.6. The molecule has 0 aliphatic carbocycles. The molecule has 8 bridgehead atoms. The van der Waals surface area contributed by atoms with Crippen molar-refractivity contribution in [2.45, 2.75) is 157 Å². The first kappa shape index (κ1) is 78.7. The van der Waals surface area contributed by atoms with E-state index in [0.717, 1.165) is 50.0 Å². The van der Waals surface area contributed by atoms with Crippen molar-refractivity contribution >= 4 is 46.4 Å². The summed E-state index contributed by atoms with van der Waals surface area (Å²) >= 11 is 0. The Kier molecular flexibility index (Phi) is 21.0. The van der Waals surface area contributed by atoms with E-state index < -0.39 is 0 Å². The lowest BCUT2D eigenvalue weighted by Gasteiger charge is -2.25. The van der Waals surface area contributed by atoms with Crippen molar-refractivity contribution in [3.8, 4) is 119 Å². The van der Waals surface area contributed by atoms with Gasteiger partial charge in [0.2, 0.25) is 0 Å². The Labute approximate surface area is 683 Å². The number of aromatic amines is 2. The molecule has 11 heteroatoms. The van der Waals surface area contributed by atoms with Crippen LogP contribution in [0, 0.1) is 0 Å². The summed E-state index contributed by atoms with van der Waals surface area (Å²) in [6.45, 7) is 39.8. The number of aromatic nitrogens is 4. The molecule has 0 spiro atoms. The van der Waals surface area contributed by atoms with Gasteiger partial charge in [0.05, 0.1) is 46.6 Å². The number of ether oxygens (including phenoxy) is 7. The smallest absolute Gasteiger partial charge is 0.139 e. The van der Waals surface area contributed by atoms with E-state index in [0.29, 0.717) is 147 Å². The molecule has 2 aliphatic rings. The fourth-order valence-corrected chi connectivity index (χ4v) is 15.6. The zero-order chi connectivity index (χ0) is 81.8. The normalized spacial score (nSPS) is 12.5. The van der Waals surface area contributed by atoms with Gasteiger partial charge < -0.3 is 43.1 Å². The molecule has 15 rings (SSSR count). The van der Waals surface area contributed by atoms with Crippen LogP contribution in [0.25, 0.3) is 90.9 Å². The van der Waals surface area contributed by atoms with Crippen molar-refractivity contribution in [3.63, 3.8) is 0 Å². The highest BCUT2D eigenvalue weighted by Gasteiger charge is 2.33. The van der Waals surface area contributed by atoms with Gasteiger partial charge >= 0.3 is 0 Å². The molecule has 3 aromatic heterocycles. The molecule has 5 heterocycles. The zero-order valence-electron chi connectivity index (χ0n) is 70.2. The number of hydrogen-bond donors (Lipinski definition) is 2. The monoisotopic (exact) mass is 1530 g/mol. The predicted molar refractivity (Wildman–Crippen MR) is 478 cm³/mol. The van der Waals surface area contributed by atoms with Gasteiger partial charge in [-0.3, -0.25) is 0 Å². The van der Waals surface area contributed by atoms with Crippen LogP contribution in [-0.2, 0) is 32.5 Å². The molecular formula is C105H104N4O7. The fraction of sp³-hybridized carbons (Fsp3) is 0.238. The van der Waals surface area contributed by atoms with Crippen molar-refractivity contribution in [1.29, 1.82) is 0 Å². The van der Waals surface area contributed by atoms with Gasteiger partial charge in [-0.05, 0) is 172 Å². The molecule has 10 aromatic carbocycles. The first-order chi connectivity index (χ1) is 55.3. The quantitative estimate of drug-likeness (QED) is 0.0918. The third-order valence-electron chi connectivity index (χ3n) is 21.3. The van der Waals surface area contributed by atoms with Gasteiger partial charge in [-0.25, -0.2) is 9.97 Å². The number of nitrogens with one attached hydrogen (secondary N) is 2. The van der Waals surface area contributed by atoms with E-state index in [2.05, 4.69) is 268 Å². The topological polar surface area (TPSA) is 122 Å². The standard InChI is InChI=1S/C105H104N4O7/c1-100(2,3)67-35-20-26-41-81(67)111-87-47-32-48-88(112-82-42-27-21-36-68(82)101(4,5)6)97(87)94-75-59-57-73(106-75)93(65-53-55-66(110-19)56-54-65)74-58-60-76(107-74)95(98-89(113-83-43-28-22-37-69(83)102(7,8)9)49-33-50-90(98)114-84-44-29-23-38-70(84)103(10,11)12)78-62-64-80(109-78)96(79-63-61-77(94)108-79)99-91(115-85-45-30-24-39-71(85)104(13,14)15)51-34-52-92(99)116-86-46-31-25-40-72(86)105(16,17)18/h20-64,106,109H,1-19H3. The van der Waals surface area contributed by atoms with E-state index in [4.69, 9.17) is 43.1 Å². The van der Waals surface area contributed by atoms with E-state index in [-0.39, 0.29) is 32.5 Å². The molecule has 2 aliphatic heterocycles. The highest BCUT2D eigenvalue weighted by Crippen LogP contribution is 2.54. The van der Waals surface area contributed by atoms with Crippen LogP contribution in [-0.4, -0.2) is 27.0 Å². The van der Waals surface area contributed by atoms with Crippen LogP contribution in [0.15, 0.2) is 249 Å². The van der Waals surface area contributed by atoms with E-state index in [1.807, 2.05) is 140 Å². The number of hydrogen-bond acceptors (Lipinski definition) is 9. The van der Waals surface area contributed by atoms with Gasteiger partial charge in [0, 0.05) is 77.7 Å². The minimum absolute atomic E-state index is 0.303. The average molecular weight is 1530 g/mol. The van der Waals surface area contributed by atoms with Crippen molar-refractivity contribution in [3.05, 3.63) is 305 Å². The Hall–Kier alpha value is -12.6. The summed E-state index contributed by atoms with van der Waals surface area (Å²) in [6.07, 6.45) is 8.42. The molecule has 0 fully saturated rings. The Morgan fingerprint density at radius 3 is 0.621 bits per heavy atom. The van der Waals surface area contributed by atoms with Crippen LogP contribution in [0.2, 0.25) is 0 Å². The van der Waals surface area contributed by atoms with Crippen molar-refractivity contribution in [2.75, 3.05) is 7.11 Å². The van der Waals surface area contributed by atoms with Crippen LogP contribution >= 0.6 is 0 Å². The third kappa shape index (κ3) is 16.2.